The molecule has 1 aromatic carbocycles. The Labute approximate surface area is 195 Å². The molecule has 174 valence electrons. The highest BCUT2D eigenvalue weighted by Crippen LogP contribution is 2.28. The van der Waals surface area contributed by atoms with Crippen LogP contribution in [-0.2, 0) is 11.2 Å². The van der Waals surface area contributed by atoms with E-state index >= 15 is 0 Å². The molecule has 0 aliphatic rings. The minimum atomic E-state index is -0.586. The number of pyridine rings is 1. The zero-order chi connectivity index (χ0) is 24.2. The van der Waals surface area contributed by atoms with Crippen LogP contribution in [0.2, 0.25) is 0 Å². The topological polar surface area (TPSA) is 134 Å². The zero-order valence-electron chi connectivity index (χ0n) is 19.0. The van der Waals surface area contributed by atoms with Crippen LogP contribution in [0, 0.1) is 13.8 Å². The minimum Gasteiger partial charge on any atom is -0.497 e. The molecule has 4 aromatic rings. The fourth-order valence-corrected chi connectivity index (χ4v) is 3.62. The fourth-order valence-electron chi connectivity index (χ4n) is 3.62. The van der Waals surface area contributed by atoms with Crippen LogP contribution in [0.5, 0.6) is 17.4 Å². The Morgan fingerprint density at radius 1 is 1.12 bits per heavy atom. The van der Waals surface area contributed by atoms with Crippen LogP contribution in [0.1, 0.15) is 33.7 Å². The van der Waals surface area contributed by atoms with Gasteiger partial charge in [-0.2, -0.15) is 5.10 Å². The van der Waals surface area contributed by atoms with Gasteiger partial charge in [-0.05, 0) is 62.2 Å². The molecule has 34 heavy (non-hydrogen) atoms. The molecule has 0 bridgehead atoms. The first kappa shape index (κ1) is 22.7. The predicted molar refractivity (Wildman–Crippen MR) is 125 cm³/mol. The van der Waals surface area contributed by atoms with Crippen molar-refractivity contribution in [3.8, 4) is 17.4 Å². The van der Waals surface area contributed by atoms with Gasteiger partial charge in [0.1, 0.15) is 22.7 Å². The quantitative estimate of drug-likeness (QED) is 0.412. The number of nitrogens with one attached hydrogen (secondary N) is 1. The molecular formula is C24H24N6O4. The number of anilines is 1. The number of primary amides is 1. The van der Waals surface area contributed by atoms with Crippen LogP contribution in [-0.4, -0.2) is 38.5 Å². The number of benzene rings is 1. The van der Waals surface area contributed by atoms with Crippen molar-refractivity contribution < 1.29 is 19.1 Å². The second-order valence-electron chi connectivity index (χ2n) is 7.60. The molecular weight excluding hydrogens is 436 g/mol. The summed E-state index contributed by atoms with van der Waals surface area (Å²) in [6.07, 6.45) is 3.63. The SMILES string of the molecule is COc1ccc(Oc2ncccc2NC(=O)CCc2c(C)nc3c(C(N)=O)cnn3c2C)cc1. The Bertz CT molecular complexity index is 1360. The highest BCUT2D eigenvalue weighted by molar-refractivity contribution is 5.98. The Morgan fingerprint density at radius 3 is 2.56 bits per heavy atom. The maximum absolute atomic E-state index is 12.7. The van der Waals surface area contributed by atoms with Crippen molar-refractivity contribution in [3.63, 3.8) is 0 Å². The summed E-state index contributed by atoms with van der Waals surface area (Å²) in [6.45, 7) is 3.70. The molecule has 0 aliphatic carbocycles. The molecule has 2 amide bonds. The van der Waals surface area contributed by atoms with Gasteiger partial charge >= 0.3 is 0 Å². The lowest BCUT2D eigenvalue weighted by Crippen LogP contribution is -2.15. The van der Waals surface area contributed by atoms with E-state index in [1.54, 1.807) is 54.2 Å². The van der Waals surface area contributed by atoms with Gasteiger partial charge in [0, 0.05) is 24.0 Å². The van der Waals surface area contributed by atoms with Crippen LogP contribution < -0.4 is 20.5 Å². The second kappa shape index (κ2) is 9.57. The van der Waals surface area contributed by atoms with E-state index < -0.39 is 5.91 Å². The number of aryl methyl sites for hydroxylation is 2. The molecule has 0 atom stereocenters. The van der Waals surface area contributed by atoms with E-state index in [1.807, 2.05) is 13.8 Å². The van der Waals surface area contributed by atoms with Gasteiger partial charge in [0.25, 0.3) is 5.91 Å². The summed E-state index contributed by atoms with van der Waals surface area (Å²) in [5.74, 6) is 0.769. The summed E-state index contributed by atoms with van der Waals surface area (Å²) in [6, 6.07) is 10.5. The molecule has 0 saturated carbocycles. The van der Waals surface area contributed by atoms with E-state index in [0.717, 1.165) is 11.3 Å². The Kier molecular flexibility index (Phi) is 6.39. The van der Waals surface area contributed by atoms with E-state index in [2.05, 4.69) is 20.4 Å². The zero-order valence-corrected chi connectivity index (χ0v) is 19.0. The maximum Gasteiger partial charge on any atom is 0.254 e. The standard InChI is InChI=1S/C24H24N6O4/c1-14-18(15(2)30-23(28-14)19(13-27-30)22(25)32)10-11-21(31)29-20-5-4-12-26-24(20)34-17-8-6-16(33-3)7-9-17/h4-9,12-13H,10-11H2,1-3H3,(H2,25,32)(H,29,31). The number of nitrogens with two attached hydrogens (primary N) is 1. The van der Waals surface area contributed by atoms with Gasteiger partial charge in [0.05, 0.1) is 13.3 Å². The third-order valence-corrected chi connectivity index (χ3v) is 5.40. The molecule has 0 radical (unpaired) electrons. The second-order valence-corrected chi connectivity index (χ2v) is 7.60. The summed E-state index contributed by atoms with van der Waals surface area (Å²) >= 11 is 0. The first-order valence-electron chi connectivity index (χ1n) is 10.6. The van der Waals surface area contributed by atoms with Crippen LogP contribution in [0.4, 0.5) is 5.69 Å². The number of ether oxygens (including phenoxy) is 2. The van der Waals surface area contributed by atoms with E-state index in [1.165, 1.54) is 6.20 Å². The molecule has 4 rings (SSSR count). The van der Waals surface area contributed by atoms with Crippen molar-refractivity contribution in [3.05, 3.63) is 71.3 Å². The lowest BCUT2D eigenvalue weighted by Gasteiger charge is -2.13. The molecule has 3 N–H and O–H groups in total. The minimum absolute atomic E-state index is 0.204. The fraction of sp³-hybridized carbons (Fsp3) is 0.208. The average Bonchev–Trinajstić information content (AvgIpc) is 3.25. The Balaban J connectivity index is 1.47. The van der Waals surface area contributed by atoms with E-state index in [4.69, 9.17) is 15.2 Å². The van der Waals surface area contributed by atoms with Gasteiger partial charge in [0.15, 0.2) is 5.65 Å². The van der Waals surface area contributed by atoms with Gasteiger partial charge in [0.2, 0.25) is 11.8 Å². The molecule has 0 aliphatic heterocycles. The monoisotopic (exact) mass is 460 g/mol. The molecule has 10 heteroatoms. The molecule has 10 nitrogen and oxygen atoms in total. The van der Waals surface area contributed by atoms with Crippen LogP contribution >= 0.6 is 0 Å². The summed E-state index contributed by atoms with van der Waals surface area (Å²) < 4.78 is 12.6. The van der Waals surface area contributed by atoms with Crippen molar-refractivity contribution in [1.82, 2.24) is 19.6 Å². The highest BCUT2D eigenvalue weighted by Gasteiger charge is 2.18. The molecule has 0 unspecified atom stereocenters. The smallest absolute Gasteiger partial charge is 0.254 e. The van der Waals surface area contributed by atoms with E-state index in [0.29, 0.717) is 34.9 Å². The molecule has 3 aromatic heterocycles. The molecule has 3 heterocycles. The lowest BCUT2D eigenvalue weighted by molar-refractivity contribution is -0.116. The number of fused-ring (bicyclic) bond motifs is 1. The van der Waals surface area contributed by atoms with Crippen molar-refractivity contribution in [1.29, 1.82) is 0 Å². The number of amides is 2. The number of hydrogen-bond acceptors (Lipinski definition) is 7. The molecule has 0 spiro atoms. The number of aromatic nitrogens is 4. The molecule has 0 saturated heterocycles. The first-order valence-corrected chi connectivity index (χ1v) is 10.6. The van der Waals surface area contributed by atoms with Crippen LogP contribution in [0.3, 0.4) is 0 Å². The average molecular weight is 460 g/mol. The number of carbonyl (C=O) groups excluding carboxylic acids is 2. The summed E-state index contributed by atoms with van der Waals surface area (Å²) in [7, 11) is 1.59. The number of methoxy groups -OCH3 is 1. The van der Waals surface area contributed by atoms with Gasteiger partial charge < -0.3 is 20.5 Å². The number of rotatable bonds is 8. The predicted octanol–water partition coefficient (Wildman–Crippen LogP) is 3.21. The van der Waals surface area contributed by atoms with Crippen molar-refractivity contribution >= 4 is 23.1 Å². The normalized spacial score (nSPS) is 10.8. The van der Waals surface area contributed by atoms with E-state index in [9.17, 15) is 9.59 Å². The first-order chi connectivity index (χ1) is 16.4. The van der Waals surface area contributed by atoms with Crippen molar-refractivity contribution in [2.75, 3.05) is 12.4 Å². The highest BCUT2D eigenvalue weighted by atomic mass is 16.5. The Hall–Kier alpha value is -4.47. The van der Waals surface area contributed by atoms with Gasteiger partial charge in [-0.15, -0.1) is 0 Å². The van der Waals surface area contributed by atoms with Gasteiger partial charge in [-0.1, -0.05) is 0 Å². The van der Waals surface area contributed by atoms with Crippen LogP contribution in [0.15, 0.2) is 48.8 Å². The van der Waals surface area contributed by atoms with Crippen LogP contribution in [0.25, 0.3) is 5.65 Å². The summed E-state index contributed by atoms with van der Waals surface area (Å²) in [5.41, 5.74) is 8.92. The lowest BCUT2D eigenvalue weighted by atomic mass is 10.1. The molecule has 0 fully saturated rings. The van der Waals surface area contributed by atoms with Crippen molar-refractivity contribution in [2.45, 2.75) is 26.7 Å². The number of nitrogens with zero attached hydrogens (tertiary/aromatic N) is 4. The van der Waals surface area contributed by atoms with Gasteiger partial charge in [-0.3, -0.25) is 9.59 Å². The summed E-state index contributed by atoms with van der Waals surface area (Å²) in [5, 5.41) is 7.08. The maximum atomic E-state index is 12.7. The summed E-state index contributed by atoms with van der Waals surface area (Å²) in [4.78, 5) is 33.1. The van der Waals surface area contributed by atoms with Crippen molar-refractivity contribution in [2.24, 2.45) is 5.73 Å². The third-order valence-electron chi connectivity index (χ3n) is 5.40. The largest absolute Gasteiger partial charge is 0.497 e. The number of carbonyl (C=O) groups is 2. The van der Waals surface area contributed by atoms with Gasteiger partial charge in [-0.25, -0.2) is 14.5 Å². The van der Waals surface area contributed by atoms with E-state index in [-0.39, 0.29) is 23.8 Å². The third kappa shape index (κ3) is 4.65. The Morgan fingerprint density at radius 2 is 1.85 bits per heavy atom. The number of hydrogen-bond donors (Lipinski definition) is 2.